The number of hydrogen-bond acceptors (Lipinski definition) is 7. The molecule has 2 saturated heterocycles. The number of thioether (sulfide) groups is 1. The summed E-state index contributed by atoms with van der Waals surface area (Å²) in [5.41, 5.74) is 1.05. The first-order valence-electron chi connectivity index (χ1n) is 9.82. The van der Waals surface area contributed by atoms with Crippen molar-refractivity contribution in [3.8, 4) is 5.75 Å². The summed E-state index contributed by atoms with van der Waals surface area (Å²) in [7, 11) is 1.59. The lowest BCUT2D eigenvalue weighted by Gasteiger charge is -2.36. The minimum absolute atomic E-state index is 0.0789. The largest absolute Gasteiger partial charge is 0.495 e. The molecule has 30 heavy (non-hydrogen) atoms. The molecule has 0 saturated carbocycles. The maximum absolute atomic E-state index is 12.2. The number of nitrogens with one attached hydrogen (secondary N) is 2. The molecule has 0 spiro atoms. The third-order valence-electron chi connectivity index (χ3n) is 4.64. The van der Waals surface area contributed by atoms with E-state index in [2.05, 4.69) is 15.5 Å². The molecule has 0 radical (unpaired) electrons. The Kier molecular flexibility index (Phi) is 6.60. The zero-order valence-corrected chi connectivity index (χ0v) is 18.4. The molecule has 9 heteroatoms. The fraction of sp³-hybridized carbons (Fsp3) is 0.476. The standard InChI is InChI=1S/C21H27N3O5S/c1-21(2,3)29-19(26)22-14-8-6-10-24(12-14)17-13(7-5-9-15(17)28-4)11-16-18(25)23-20(27)30-16/h5,7,9,11,14H,6,8,10,12H2,1-4H3,(H,22,26)(H,23,25,27)/b16-11-/t14-/m1/s1. The number of para-hydroxylation sites is 1. The Morgan fingerprint density at radius 2 is 2.10 bits per heavy atom. The molecule has 2 heterocycles. The van der Waals surface area contributed by atoms with E-state index in [0.717, 1.165) is 42.4 Å². The summed E-state index contributed by atoms with van der Waals surface area (Å²) in [6.45, 7) is 6.85. The van der Waals surface area contributed by atoms with E-state index in [1.54, 1.807) is 13.2 Å². The Morgan fingerprint density at radius 3 is 2.73 bits per heavy atom. The van der Waals surface area contributed by atoms with Crippen LogP contribution in [0.2, 0.25) is 0 Å². The van der Waals surface area contributed by atoms with Gasteiger partial charge < -0.3 is 19.7 Å². The monoisotopic (exact) mass is 433 g/mol. The molecular weight excluding hydrogens is 406 g/mol. The third kappa shape index (κ3) is 5.47. The van der Waals surface area contributed by atoms with Crippen LogP contribution in [0.4, 0.5) is 15.3 Å². The van der Waals surface area contributed by atoms with Gasteiger partial charge in [0.25, 0.3) is 11.1 Å². The second-order valence-electron chi connectivity index (χ2n) is 8.18. The fourth-order valence-corrected chi connectivity index (χ4v) is 4.17. The van der Waals surface area contributed by atoms with Crippen molar-refractivity contribution >= 4 is 40.8 Å². The quantitative estimate of drug-likeness (QED) is 0.701. The number of ether oxygens (including phenoxy) is 2. The molecule has 0 aliphatic carbocycles. The molecule has 0 aromatic heterocycles. The van der Waals surface area contributed by atoms with E-state index in [4.69, 9.17) is 9.47 Å². The van der Waals surface area contributed by atoms with Crippen LogP contribution >= 0.6 is 11.8 Å². The maximum Gasteiger partial charge on any atom is 0.407 e. The van der Waals surface area contributed by atoms with Crippen molar-refractivity contribution in [3.63, 3.8) is 0 Å². The van der Waals surface area contributed by atoms with Gasteiger partial charge in [-0.2, -0.15) is 0 Å². The van der Waals surface area contributed by atoms with Gasteiger partial charge in [-0.1, -0.05) is 12.1 Å². The van der Waals surface area contributed by atoms with Crippen LogP contribution in [0.25, 0.3) is 6.08 Å². The Balaban J connectivity index is 1.83. The van der Waals surface area contributed by atoms with Crippen LogP contribution in [0.1, 0.15) is 39.2 Å². The summed E-state index contributed by atoms with van der Waals surface area (Å²) in [6.07, 6.45) is 2.98. The lowest BCUT2D eigenvalue weighted by Crippen LogP contribution is -2.49. The van der Waals surface area contributed by atoms with Crippen molar-refractivity contribution < 1.29 is 23.9 Å². The third-order valence-corrected chi connectivity index (χ3v) is 5.45. The van der Waals surface area contributed by atoms with Gasteiger partial charge in [0.05, 0.1) is 17.7 Å². The Bertz CT molecular complexity index is 878. The zero-order chi connectivity index (χ0) is 21.9. The Labute approximate surface area is 180 Å². The van der Waals surface area contributed by atoms with Gasteiger partial charge in [0, 0.05) is 24.7 Å². The molecule has 1 atom stereocenters. The summed E-state index contributed by atoms with van der Waals surface area (Å²) < 4.78 is 11.0. The minimum atomic E-state index is -0.558. The van der Waals surface area contributed by atoms with Gasteiger partial charge >= 0.3 is 6.09 Å². The number of piperidine rings is 1. The van der Waals surface area contributed by atoms with E-state index in [-0.39, 0.29) is 11.3 Å². The van der Waals surface area contributed by atoms with Crippen LogP contribution in [-0.4, -0.2) is 49.1 Å². The Morgan fingerprint density at radius 1 is 1.33 bits per heavy atom. The van der Waals surface area contributed by atoms with Gasteiger partial charge in [0.1, 0.15) is 11.4 Å². The molecule has 2 aliphatic rings. The number of nitrogens with zero attached hydrogens (tertiary/aromatic N) is 1. The number of alkyl carbamates (subject to hydrolysis) is 1. The highest BCUT2D eigenvalue weighted by atomic mass is 32.2. The van der Waals surface area contributed by atoms with Crippen molar-refractivity contribution in [3.05, 3.63) is 28.7 Å². The lowest BCUT2D eigenvalue weighted by molar-refractivity contribution is -0.115. The fourth-order valence-electron chi connectivity index (χ4n) is 3.49. The summed E-state index contributed by atoms with van der Waals surface area (Å²) in [5, 5.41) is 4.84. The number of carbonyl (C=O) groups excluding carboxylic acids is 3. The molecule has 0 bridgehead atoms. The lowest BCUT2D eigenvalue weighted by atomic mass is 10.0. The van der Waals surface area contributed by atoms with Gasteiger partial charge in [0.2, 0.25) is 0 Å². The molecular formula is C21H27N3O5S. The SMILES string of the molecule is COc1cccc(/C=C2\SC(=O)NC2=O)c1N1CCC[C@@H](NC(=O)OC(C)(C)C)C1. The predicted molar refractivity (Wildman–Crippen MR) is 117 cm³/mol. The number of carbonyl (C=O) groups is 3. The number of imide groups is 1. The van der Waals surface area contributed by atoms with Crippen molar-refractivity contribution in [2.24, 2.45) is 0 Å². The zero-order valence-electron chi connectivity index (χ0n) is 17.6. The van der Waals surface area contributed by atoms with E-state index >= 15 is 0 Å². The van der Waals surface area contributed by atoms with Crippen molar-refractivity contribution in [2.75, 3.05) is 25.1 Å². The van der Waals surface area contributed by atoms with Crippen LogP contribution in [0.3, 0.4) is 0 Å². The number of benzene rings is 1. The van der Waals surface area contributed by atoms with Gasteiger partial charge in [-0.3, -0.25) is 14.9 Å². The van der Waals surface area contributed by atoms with Crippen molar-refractivity contribution in [1.29, 1.82) is 0 Å². The summed E-state index contributed by atoms with van der Waals surface area (Å²) in [6, 6.07) is 5.50. The molecule has 3 amide bonds. The first-order valence-corrected chi connectivity index (χ1v) is 10.6. The molecule has 3 rings (SSSR count). The first-order chi connectivity index (χ1) is 14.2. The second-order valence-corrected chi connectivity index (χ2v) is 9.20. The minimum Gasteiger partial charge on any atom is -0.495 e. The second kappa shape index (κ2) is 8.99. The van der Waals surface area contributed by atoms with Crippen LogP contribution in [0, 0.1) is 0 Å². The molecule has 0 unspecified atom stereocenters. The topological polar surface area (TPSA) is 97.0 Å². The number of anilines is 1. The molecule has 1 aromatic rings. The van der Waals surface area contributed by atoms with Crippen LogP contribution in [0.15, 0.2) is 23.1 Å². The number of hydrogen-bond donors (Lipinski definition) is 2. The van der Waals surface area contributed by atoms with Gasteiger partial charge in [-0.25, -0.2) is 4.79 Å². The van der Waals surface area contributed by atoms with Crippen LogP contribution in [-0.2, 0) is 9.53 Å². The highest BCUT2D eigenvalue weighted by Crippen LogP contribution is 2.37. The average Bonchev–Trinajstić information content (AvgIpc) is 2.97. The van der Waals surface area contributed by atoms with E-state index in [1.165, 1.54) is 0 Å². The normalized spacial score (nSPS) is 20.9. The Hall–Kier alpha value is -2.68. The molecule has 2 aliphatic heterocycles. The van der Waals surface area contributed by atoms with Crippen molar-refractivity contribution in [2.45, 2.75) is 45.3 Å². The highest BCUT2D eigenvalue weighted by Gasteiger charge is 2.29. The average molecular weight is 434 g/mol. The highest BCUT2D eigenvalue weighted by molar-refractivity contribution is 8.18. The van der Waals surface area contributed by atoms with Gasteiger partial charge in [0.15, 0.2) is 0 Å². The van der Waals surface area contributed by atoms with Gasteiger partial charge in [-0.05, 0) is 57.5 Å². The molecule has 2 N–H and O–H groups in total. The molecule has 1 aromatic carbocycles. The number of rotatable bonds is 4. The summed E-state index contributed by atoms with van der Waals surface area (Å²) in [4.78, 5) is 38.2. The predicted octanol–water partition coefficient (Wildman–Crippen LogP) is 3.51. The summed E-state index contributed by atoms with van der Waals surface area (Å²) >= 11 is 0.880. The van der Waals surface area contributed by atoms with E-state index in [0.29, 0.717) is 17.2 Å². The number of methoxy groups -OCH3 is 1. The molecule has 2 fully saturated rings. The van der Waals surface area contributed by atoms with E-state index in [9.17, 15) is 14.4 Å². The van der Waals surface area contributed by atoms with E-state index in [1.807, 2.05) is 39.0 Å². The molecule has 162 valence electrons. The van der Waals surface area contributed by atoms with Gasteiger partial charge in [-0.15, -0.1) is 0 Å². The van der Waals surface area contributed by atoms with E-state index < -0.39 is 17.6 Å². The molecule has 8 nitrogen and oxygen atoms in total. The van der Waals surface area contributed by atoms with Crippen LogP contribution in [0.5, 0.6) is 5.75 Å². The summed E-state index contributed by atoms with van der Waals surface area (Å²) in [5.74, 6) is 0.263. The smallest absolute Gasteiger partial charge is 0.407 e. The number of amides is 3. The van der Waals surface area contributed by atoms with Crippen molar-refractivity contribution in [1.82, 2.24) is 10.6 Å². The maximum atomic E-state index is 12.2. The van der Waals surface area contributed by atoms with Crippen LogP contribution < -0.4 is 20.3 Å². The first kappa shape index (κ1) is 22.0.